The first kappa shape index (κ1) is 19.8. The van der Waals surface area contributed by atoms with Crippen LogP contribution in [-0.4, -0.2) is 48.4 Å². The third kappa shape index (κ3) is 6.45. The lowest BCUT2D eigenvalue weighted by Gasteiger charge is -2.23. The number of likely N-dealkylation sites (N-methyl/N-ethyl adjacent to an activating group) is 1. The zero-order valence-corrected chi connectivity index (χ0v) is 14.9. The number of nitrogen functional groups attached to an aromatic ring is 1. The highest BCUT2D eigenvalue weighted by Crippen LogP contribution is 2.18. The number of amides is 2. The van der Waals surface area contributed by atoms with E-state index < -0.39 is 18.5 Å². The Morgan fingerprint density at radius 1 is 1.29 bits per heavy atom. The third-order valence-electron chi connectivity index (χ3n) is 2.88. The van der Waals surface area contributed by atoms with E-state index in [1.165, 1.54) is 30.1 Å². The summed E-state index contributed by atoms with van der Waals surface area (Å²) in [7, 11) is 1.45. The molecule has 8 heteroatoms. The number of nitrogens with zero attached hydrogens (tertiary/aromatic N) is 1. The fourth-order valence-electron chi connectivity index (χ4n) is 1.80. The number of hydrogen-bond donors (Lipinski definition) is 2. The first-order valence-corrected chi connectivity index (χ1v) is 7.64. The van der Waals surface area contributed by atoms with Crippen LogP contribution in [-0.2, 0) is 14.3 Å². The van der Waals surface area contributed by atoms with E-state index in [4.69, 9.17) is 22.1 Å². The molecule has 7 nitrogen and oxygen atoms in total. The molecule has 0 atom stereocenters. The number of carbonyl (C=O) groups excluding carboxylic acids is 3. The molecule has 0 bridgehead atoms. The second-order valence-corrected chi connectivity index (χ2v) is 6.79. The molecule has 0 saturated heterocycles. The van der Waals surface area contributed by atoms with Crippen LogP contribution in [0, 0.1) is 0 Å². The number of carbonyl (C=O) groups is 3. The van der Waals surface area contributed by atoms with Crippen LogP contribution in [0.3, 0.4) is 0 Å². The molecular weight excluding hydrogens is 334 g/mol. The molecule has 132 valence electrons. The second kappa shape index (κ2) is 8.01. The normalized spacial score (nSPS) is 10.9. The monoisotopic (exact) mass is 355 g/mol. The van der Waals surface area contributed by atoms with Crippen LogP contribution < -0.4 is 11.1 Å². The van der Waals surface area contributed by atoms with Gasteiger partial charge in [-0.3, -0.25) is 9.59 Å². The Hall–Kier alpha value is -2.28. The van der Waals surface area contributed by atoms with Crippen LogP contribution in [0.15, 0.2) is 18.2 Å². The van der Waals surface area contributed by atoms with Crippen LogP contribution in [0.4, 0.5) is 5.69 Å². The highest BCUT2D eigenvalue weighted by molar-refractivity contribution is 6.31. The van der Waals surface area contributed by atoms with Crippen LogP contribution in [0.2, 0.25) is 5.02 Å². The Bertz CT molecular complexity index is 641. The summed E-state index contributed by atoms with van der Waals surface area (Å²) in [6.45, 7) is 4.90. The maximum atomic E-state index is 11.9. The minimum absolute atomic E-state index is 0.125. The van der Waals surface area contributed by atoms with E-state index in [2.05, 4.69) is 5.32 Å². The first-order chi connectivity index (χ1) is 11.0. The molecule has 2 amide bonds. The molecule has 3 N–H and O–H groups in total. The molecule has 0 aliphatic rings. The van der Waals surface area contributed by atoms with Crippen LogP contribution in [0.25, 0.3) is 0 Å². The topological polar surface area (TPSA) is 102 Å². The summed E-state index contributed by atoms with van der Waals surface area (Å²) >= 11 is 5.75. The fourth-order valence-corrected chi connectivity index (χ4v) is 1.98. The molecule has 0 radical (unpaired) electrons. The summed E-state index contributed by atoms with van der Waals surface area (Å²) in [6.07, 6.45) is 0. The maximum Gasteiger partial charge on any atom is 0.340 e. The number of anilines is 1. The van der Waals surface area contributed by atoms with Crippen molar-refractivity contribution in [3.8, 4) is 0 Å². The lowest BCUT2D eigenvalue weighted by Crippen LogP contribution is -2.46. The molecule has 0 unspecified atom stereocenters. The van der Waals surface area contributed by atoms with Crippen molar-refractivity contribution >= 4 is 35.1 Å². The average Bonchev–Trinajstić information content (AvgIpc) is 2.42. The molecule has 0 fully saturated rings. The summed E-state index contributed by atoms with van der Waals surface area (Å²) < 4.78 is 4.93. The summed E-state index contributed by atoms with van der Waals surface area (Å²) in [5.41, 5.74) is 5.58. The maximum absolute atomic E-state index is 11.9. The van der Waals surface area contributed by atoms with Crippen molar-refractivity contribution in [2.75, 3.05) is 25.9 Å². The van der Waals surface area contributed by atoms with Crippen molar-refractivity contribution in [1.82, 2.24) is 10.2 Å². The quantitative estimate of drug-likeness (QED) is 0.615. The van der Waals surface area contributed by atoms with Gasteiger partial charge in [0.1, 0.15) is 0 Å². The van der Waals surface area contributed by atoms with E-state index in [-0.39, 0.29) is 29.2 Å². The zero-order chi connectivity index (χ0) is 18.5. The Balaban J connectivity index is 2.53. The molecule has 0 saturated carbocycles. The van der Waals surface area contributed by atoms with E-state index >= 15 is 0 Å². The number of hydrogen-bond acceptors (Lipinski definition) is 5. The summed E-state index contributed by atoms with van der Waals surface area (Å²) in [4.78, 5) is 36.8. The lowest BCUT2D eigenvalue weighted by molar-refractivity contribution is -0.137. The molecule has 1 aromatic carbocycles. The Labute approximate surface area is 146 Å². The van der Waals surface area contributed by atoms with E-state index in [1.807, 2.05) is 20.8 Å². The zero-order valence-electron chi connectivity index (χ0n) is 14.2. The minimum Gasteiger partial charge on any atom is -0.452 e. The van der Waals surface area contributed by atoms with Gasteiger partial charge in [-0.25, -0.2) is 4.79 Å². The van der Waals surface area contributed by atoms with Gasteiger partial charge < -0.3 is 20.7 Å². The van der Waals surface area contributed by atoms with Crippen molar-refractivity contribution in [2.45, 2.75) is 26.3 Å². The van der Waals surface area contributed by atoms with Crippen molar-refractivity contribution in [1.29, 1.82) is 0 Å². The number of nitrogens with one attached hydrogen (secondary N) is 1. The van der Waals surface area contributed by atoms with Gasteiger partial charge in [0.05, 0.1) is 12.1 Å². The van der Waals surface area contributed by atoms with E-state index in [1.54, 1.807) is 0 Å². The Morgan fingerprint density at radius 3 is 2.46 bits per heavy atom. The van der Waals surface area contributed by atoms with Gasteiger partial charge in [-0.15, -0.1) is 0 Å². The fraction of sp³-hybridized carbons (Fsp3) is 0.438. The number of ether oxygens (including phenoxy) is 1. The van der Waals surface area contributed by atoms with Crippen LogP contribution in [0.1, 0.15) is 31.1 Å². The van der Waals surface area contributed by atoms with Gasteiger partial charge in [-0.05, 0) is 39.0 Å². The predicted octanol–water partition coefficient (Wildman–Crippen LogP) is 1.45. The van der Waals surface area contributed by atoms with E-state index in [0.29, 0.717) is 5.02 Å². The van der Waals surface area contributed by atoms with Crippen LogP contribution in [0.5, 0.6) is 0 Å². The van der Waals surface area contributed by atoms with Crippen molar-refractivity contribution in [3.63, 3.8) is 0 Å². The standard InChI is InChI=1S/C16H22ClN3O4/c1-16(2,3)19-13(21)8-20(4)14(22)9-24-15(23)11-6-5-10(17)7-12(11)18/h5-7H,8-9,18H2,1-4H3,(H,19,21). The number of nitrogens with two attached hydrogens (primary N) is 1. The molecule has 1 aromatic rings. The van der Waals surface area contributed by atoms with Gasteiger partial charge in [0.15, 0.2) is 6.61 Å². The smallest absolute Gasteiger partial charge is 0.340 e. The number of benzene rings is 1. The minimum atomic E-state index is -0.731. The lowest BCUT2D eigenvalue weighted by atomic mass is 10.1. The predicted molar refractivity (Wildman–Crippen MR) is 91.7 cm³/mol. The van der Waals surface area contributed by atoms with Gasteiger partial charge in [0, 0.05) is 23.3 Å². The number of esters is 1. The van der Waals surface area contributed by atoms with Gasteiger partial charge in [0.25, 0.3) is 5.91 Å². The summed E-state index contributed by atoms with van der Waals surface area (Å²) in [5, 5.41) is 3.13. The van der Waals surface area contributed by atoms with Crippen molar-refractivity contribution in [2.24, 2.45) is 0 Å². The van der Waals surface area contributed by atoms with Gasteiger partial charge in [-0.1, -0.05) is 11.6 Å². The third-order valence-corrected chi connectivity index (χ3v) is 3.12. The van der Waals surface area contributed by atoms with Gasteiger partial charge >= 0.3 is 5.97 Å². The molecule has 0 aliphatic heterocycles. The number of halogens is 1. The summed E-state index contributed by atoms with van der Waals surface area (Å²) in [6, 6.07) is 4.34. The second-order valence-electron chi connectivity index (χ2n) is 6.36. The van der Waals surface area contributed by atoms with Crippen LogP contribution >= 0.6 is 11.6 Å². The van der Waals surface area contributed by atoms with E-state index in [0.717, 1.165) is 0 Å². The molecule has 0 aliphatic carbocycles. The first-order valence-electron chi connectivity index (χ1n) is 7.27. The SMILES string of the molecule is CN(CC(=O)NC(C)(C)C)C(=O)COC(=O)c1ccc(Cl)cc1N. The highest BCUT2D eigenvalue weighted by atomic mass is 35.5. The largest absolute Gasteiger partial charge is 0.452 e. The number of rotatable bonds is 5. The van der Waals surface area contributed by atoms with E-state index in [9.17, 15) is 14.4 Å². The van der Waals surface area contributed by atoms with Gasteiger partial charge in [-0.2, -0.15) is 0 Å². The molecule has 0 aromatic heterocycles. The molecule has 24 heavy (non-hydrogen) atoms. The Kier molecular flexibility index (Phi) is 6.60. The molecule has 0 spiro atoms. The van der Waals surface area contributed by atoms with Crippen molar-refractivity contribution in [3.05, 3.63) is 28.8 Å². The molecule has 1 rings (SSSR count). The summed E-state index contributed by atoms with van der Waals surface area (Å²) in [5.74, 6) is -1.53. The molecular formula is C16H22ClN3O4. The van der Waals surface area contributed by atoms with Gasteiger partial charge in [0.2, 0.25) is 5.91 Å². The molecule has 0 heterocycles. The Morgan fingerprint density at radius 2 is 1.92 bits per heavy atom. The highest BCUT2D eigenvalue weighted by Gasteiger charge is 2.19. The average molecular weight is 356 g/mol. The van der Waals surface area contributed by atoms with Crippen molar-refractivity contribution < 1.29 is 19.1 Å².